The lowest BCUT2D eigenvalue weighted by atomic mass is 9.66. The van der Waals surface area contributed by atoms with Gasteiger partial charge in [-0.3, -0.25) is 0 Å². The van der Waals surface area contributed by atoms with Crippen LogP contribution in [0.15, 0.2) is 309 Å². The lowest BCUT2D eigenvalue weighted by Gasteiger charge is -2.36. The van der Waals surface area contributed by atoms with Crippen LogP contribution in [0.2, 0.25) is 0 Å². The predicted octanol–water partition coefficient (Wildman–Crippen LogP) is 26.8. The van der Waals surface area contributed by atoms with E-state index >= 15 is 8.78 Å². The Morgan fingerprint density at radius 3 is 1.15 bits per heavy atom. The smallest absolute Gasteiger partial charge is 0.128 e. The maximum absolute atomic E-state index is 16.3. The third kappa shape index (κ3) is 11.9. The van der Waals surface area contributed by atoms with E-state index in [9.17, 15) is 0 Å². The average Bonchev–Trinajstić information content (AvgIpc) is 1.55. The first-order valence-corrected chi connectivity index (χ1v) is 37.5. The van der Waals surface area contributed by atoms with Gasteiger partial charge in [-0.05, 0) is 301 Å². The van der Waals surface area contributed by atoms with Gasteiger partial charge in [0.2, 0.25) is 0 Å². The predicted molar refractivity (Wildman–Crippen MR) is 438 cm³/mol. The summed E-state index contributed by atoms with van der Waals surface area (Å²) in [5.41, 5.74) is 27.9. The Balaban J connectivity index is 0.752. The Kier molecular flexibility index (Phi) is 17.0. The molecule has 0 aliphatic heterocycles. The summed E-state index contributed by atoms with van der Waals surface area (Å²) in [7, 11) is 0. The van der Waals surface area contributed by atoms with Gasteiger partial charge in [-0.25, -0.2) is 8.78 Å². The van der Waals surface area contributed by atoms with Crippen molar-refractivity contribution in [3.63, 3.8) is 0 Å². The van der Waals surface area contributed by atoms with Crippen LogP contribution in [-0.4, -0.2) is 0 Å². The number of aryl methyl sites for hydroxylation is 6. The molecule has 526 valence electrons. The van der Waals surface area contributed by atoms with Crippen molar-refractivity contribution in [2.75, 3.05) is 9.80 Å². The molecule has 0 heterocycles. The molecule has 2 unspecified atom stereocenters. The molecule has 4 aliphatic carbocycles. The fourth-order valence-corrected chi connectivity index (χ4v) is 16.9. The van der Waals surface area contributed by atoms with Crippen molar-refractivity contribution in [1.29, 1.82) is 0 Å². The summed E-state index contributed by atoms with van der Waals surface area (Å²) in [6.07, 6.45) is 10.5. The lowest BCUT2D eigenvalue weighted by Crippen LogP contribution is -2.30. The summed E-state index contributed by atoms with van der Waals surface area (Å²) >= 11 is 0. The van der Waals surface area contributed by atoms with Crippen molar-refractivity contribution < 1.29 is 18.3 Å². The van der Waals surface area contributed by atoms with Gasteiger partial charge in [-0.1, -0.05) is 224 Å². The highest BCUT2D eigenvalue weighted by Gasteiger charge is 2.48. The molecule has 0 bridgehead atoms. The first-order chi connectivity index (χ1) is 51.7. The number of hydrogen-bond acceptors (Lipinski definition) is 4. The maximum atomic E-state index is 16.3. The molecule has 0 fully saturated rings. The molecule has 0 amide bonds. The number of halogens is 2. The van der Waals surface area contributed by atoms with Gasteiger partial charge in [-0.15, -0.1) is 0 Å². The third-order valence-corrected chi connectivity index (χ3v) is 23.1. The maximum Gasteiger partial charge on any atom is 0.128 e. The molecule has 0 saturated heterocycles. The fraction of sp³-hybridized carbons (Fsp3) is 0.168. The van der Waals surface area contributed by atoms with E-state index in [-0.39, 0.29) is 22.5 Å². The largest absolute Gasteiger partial charge is 0.457 e. The van der Waals surface area contributed by atoms with Crippen LogP contribution >= 0.6 is 0 Å². The quantitative estimate of drug-likeness (QED) is 0.0849. The van der Waals surface area contributed by atoms with Gasteiger partial charge in [0.05, 0.1) is 10.8 Å². The molecular formula is C101H86F2N2O2. The number of allylic oxidation sites excluding steroid dienone is 5. The van der Waals surface area contributed by atoms with E-state index in [2.05, 4.69) is 314 Å². The molecule has 0 spiro atoms. The van der Waals surface area contributed by atoms with Crippen LogP contribution < -0.4 is 19.3 Å². The summed E-state index contributed by atoms with van der Waals surface area (Å²) in [5, 5.41) is 0. The van der Waals surface area contributed by atoms with Gasteiger partial charge in [0, 0.05) is 34.1 Å². The second-order valence-electron chi connectivity index (χ2n) is 31.5. The molecule has 13 aromatic rings. The minimum atomic E-state index is -0.800. The first kappa shape index (κ1) is 68.3. The van der Waals surface area contributed by atoms with Crippen molar-refractivity contribution in [3.05, 3.63) is 410 Å². The third-order valence-electron chi connectivity index (χ3n) is 23.1. The molecule has 0 aromatic heterocycles. The molecule has 4 nitrogen and oxygen atoms in total. The van der Waals surface area contributed by atoms with Gasteiger partial charge >= 0.3 is 0 Å². The molecule has 0 saturated carbocycles. The first-order valence-electron chi connectivity index (χ1n) is 37.5. The van der Waals surface area contributed by atoms with E-state index in [0.29, 0.717) is 22.5 Å². The molecular weight excluding hydrogens is 1310 g/mol. The highest BCUT2D eigenvalue weighted by atomic mass is 19.1. The molecule has 2 atom stereocenters. The van der Waals surface area contributed by atoms with Crippen molar-refractivity contribution in [2.24, 2.45) is 0 Å². The van der Waals surface area contributed by atoms with Crippen LogP contribution in [0.4, 0.5) is 42.9 Å². The second kappa shape index (κ2) is 26.6. The summed E-state index contributed by atoms with van der Waals surface area (Å²) in [5.74, 6) is 2.65. The molecule has 13 aromatic carbocycles. The fourth-order valence-electron chi connectivity index (χ4n) is 16.9. The Labute approximate surface area is 628 Å². The summed E-state index contributed by atoms with van der Waals surface area (Å²) < 4.78 is 45.7. The molecule has 107 heavy (non-hydrogen) atoms. The number of ether oxygens (including phenoxy) is 2. The van der Waals surface area contributed by atoms with E-state index in [1.807, 2.05) is 43.3 Å². The Morgan fingerprint density at radius 2 is 0.729 bits per heavy atom. The SMILES string of the molecule is C=C/C=C\C1=C(C)c2ccc(N(c3ccc(-c4ccc(N(c5ccc(C)c(F)c5)c5ccc6c(c5)C(c5ccc(Oc7ccc8c(c7)CC8)cc5)(c5ccc(C(C)(C)C)cc5)c5ccccc5-6)cc4)cc3)c3ccc(C)c(F)c3)cc2C1(c1ccc(Oc2ccc3c(c2)CC3)cc1)c1ccc(C(C)(C)C)cc1. The van der Waals surface area contributed by atoms with Crippen LogP contribution in [-0.2, 0) is 47.3 Å². The minimum absolute atomic E-state index is 0.0585. The summed E-state index contributed by atoms with van der Waals surface area (Å²) in [6, 6.07) is 99.1. The van der Waals surface area contributed by atoms with E-state index in [1.54, 1.807) is 19.1 Å². The molecule has 4 aliphatic rings. The number of nitrogens with zero attached hydrogens (tertiary/aromatic N) is 2. The number of anilines is 6. The summed E-state index contributed by atoms with van der Waals surface area (Å²) in [6.45, 7) is 23.5. The van der Waals surface area contributed by atoms with Crippen molar-refractivity contribution in [2.45, 2.75) is 110 Å². The van der Waals surface area contributed by atoms with Gasteiger partial charge < -0.3 is 19.3 Å². The van der Waals surface area contributed by atoms with E-state index in [4.69, 9.17) is 9.47 Å². The van der Waals surface area contributed by atoms with Gasteiger partial charge in [0.25, 0.3) is 0 Å². The Bertz CT molecular complexity index is 5720. The number of hydrogen-bond donors (Lipinski definition) is 0. The molecule has 6 heteroatoms. The topological polar surface area (TPSA) is 24.9 Å². The normalized spacial score (nSPS) is 16.1. The van der Waals surface area contributed by atoms with Crippen LogP contribution in [0.5, 0.6) is 23.0 Å². The Hall–Kier alpha value is -11.9. The van der Waals surface area contributed by atoms with Crippen LogP contribution in [0.3, 0.4) is 0 Å². The lowest BCUT2D eigenvalue weighted by molar-refractivity contribution is 0.480. The number of rotatable bonds is 17. The standard InChI is InChI=1S/C101H86F2N2O2/c1-11-12-16-92-66(4)89-56-48-81(60-94(89)100(92,75-34-30-73(31-35-75)98(5,6)7)77-38-52-85(53-39-77)106-87-50-28-69-20-22-71(69)58-87)104(83-42-18-64(2)96(102)62-83)79-44-24-67(25-45-79)68-26-46-80(47-27-68)105(84-43-19-65(3)97(103)63-84)82-49-57-91-90-15-13-14-17-93(90)101(95(91)61-82,76-36-32-74(33-37-76)99(8,9)10)78-40-54-86(55-41-78)107-88-51-29-70-21-23-72(70)59-88/h11-19,24-63H,1,20-23H2,2-10H3/b16-12-. The second-order valence-corrected chi connectivity index (χ2v) is 31.5. The molecule has 0 radical (unpaired) electrons. The van der Waals surface area contributed by atoms with Crippen molar-refractivity contribution >= 4 is 39.7 Å². The van der Waals surface area contributed by atoms with Gasteiger partial charge in [0.1, 0.15) is 34.6 Å². The van der Waals surface area contributed by atoms with Crippen LogP contribution in [0.1, 0.15) is 137 Å². The van der Waals surface area contributed by atoms with Crippen LogP contribution in [0, 0.1) is 25.5 Å². The highest BCUT2D eigenvalue weighted by Crippen LogP contribution is 2.60. The zero-order valence-electron chi connectivity index (χ0n) is 62.3. The van der Waals surface area contributed by atoms with E-state index in [1.165, 1.54) is 44.5 Å². The van der Waals surface area contributed by atoms with E-state index < -0.39 is 10.8 Å². The summed E-state index contributed by atoms with van der Waals surface area (Å²) in [4.78, 5) is 4.35. The molecule has 0 N–H and O–H groups in total. The number of fused-ring (bicyclic) bond motifs is 6. The zero-order chi connectivity index (χ0) is 73.7. The van der Waals surface area contributed by atoms with Crippen molar-refractivity contribution in [1.82, 2.24) is 0 Å². The van der Waals surface area contributed by atoms with Crippen LogP contribution in [0.25, 0.3) is 27.8 Å². The zero-order valence-corrected chi connectivity index (χ0v) is 62.3. The minimum Gasteiger partial charge on any atom is -0.457 e. The Morgan fingerprint density at radius 1 is 0.355 bits per heavy atom. The monoisotopic (exact) mass is 1400 g/mol. The number of benzene rings is 13. The van der Waals surface area contributed by atoms with Gasteiger partial charge in [-0.2, -0.15) is 0 Å². The van der Waals surface area contributed by atoms with Crippen molar-refractivity contribution in [3.8, 4) is 45.3 Å². The van der Waals surface area contributed by atoms with E-state index in [0.717, 1.165) is 138 Å². The van der Waals surface area contributed by atoms with Gasteiger partial charge in [0.15, 0.2) is 0 Å². The highest BCUT2D eigenvalue weighted by molar-refractivity contribution is 5.92. The average molecular weight is 1400 g/mol. The molecule has 17 rings (SSSR count).